The van der Waals surface area contributed by atoms with E-state index in [9.17, 15) is 4.79 Å². The molecule has 2 N–H and O–H groups in total. The van der Waals surface area contributed by atoms with Crippen LogP contribution >= 0.6 is 22.9 Å². The molecule has 2 heterocycles. The van der Waals surface area contributed by atoms with Crippen LogP contribution in [-0.4, -0.2) is 18.5 Å². The number of rotatable bonds is 3. The molecule has 2 atom stereocenters. The van der Waals surface area contributed by atoms with Crippen molar-refractivity contribution in [3.63, 3.8) is 0 Å². The number of carbonyl (C=O) groups is 1. The zero-order chi connectivity index (χ0) is 10.8. The van der Waals surface area contributed by atoms with Crippen molar-refractivity contribution in [1.29, 1.82) is 0 Å². The predicted molar refractivity (Wildman–Crippen MR) is 62.3 cm³/mol. The Balaban J connectivity index is 1.92. The highest BCUT2D eigenvalue weighted by molar-refractivity contribution is 7.16. The van der Waals surface area contributed by atoms with Gasteiger partial charge in [0.05, 0.1) is 4.34 Å². The highest BCUT2D eigenvalue weighted by atomic mass is 35.5. The molecule has 0 spiro atoms. The molecule has 1 aromatic rings. The highest BCUT2D eigenvalue weighted by Crippen LogP contribution is 2.27. The van der Waals surface area contributed by atoms with Crippen molar-refractivity contribution in [2.24, 2.45) is 0 Å². The average Bonchev–Trinajstić information content (AvgIpc) is 2.75. The Labute approximate surface area is 97.8 Å². The van der Waals surface area contributed by atoms with Crippen LogP contribution in [0.2, 0.25) is 4.34 Å². The Hall–Kier alpha value is -0.580. The van der Waals surface area contributed by atoms with Gasteiger partial charge >= 0.3 is 0 Å². The average molecular weight is 245 g/mol. The second kappa shape index (κ2) is 4.51. The van der Waals surface area contributed by atoms with Crippen LogP contribution in [0.1, 0.15) is 24.3 Å². The molecule has 2 rings (SSSR count). The van der Waals surface area contributed by atoms with Crippen LogP contribution in [0, 0.1) is 0 Å². The van der Waals surface area contributed by atoms with Crippen LogP contribution < -0.4 is 10.6 Å². The van der Waals surface area contributed by atoms with E-state index in [4.69, 9.17) is 11.6 Å². The van der Waals surface area contributed by atoms with Crippen molar-refractivity contribution in [3.05, 3.63) is 21.3 Å². The first-order chi connectivity index (χ1) is 7.15. The molecule has 0 bridgehead atoms. The summed E-state index contributed by atoms with van der Waals surface area (Å²) in [5.74, 6) is 0.129. The van der Waals surface area contributed by atoms with Crippen LogP contribution in [0.5, 0.6) is 0 Å². The van der Waals surface area contributed by atoms with Crippen molar-refractivity contribution in [1.82, 2.24) is 10.6 Å². The molecule has 5 heteroatoms. The first kappa shape index (κ1) is 10.9. The van der Waals surface area contributed by atoms with E-state index in [-0.39, 0.29) is 18.0 Å². The van der Waals surface area contributed by atoms with E-state index >= 15 is 0 Å². The van der Waals surface area contributed by atoms with Gasteiger partial charge in [0.25, 0.3) is 0 Å². The first-order valence-corrected chi connectivity index (χ1v) is 6.12. The molecule has 0 saturated carbocycles. The summed E-state index contributed by atoms with van der Waals surface area (Å²) in [6, 6.07) is 4.42. The van der Waals surface area contributed by atoms with Crippen molar-refractivity contribution in [3.8, 4) is 0 Å². The van der Waals surface area contributed by atoms with E-state index in [1.807, 2.05) is 12.1 Å². The minimum atomic E-state index is 0.129. The van der Waals surface area contributed by atoms with E-state index in [2.05, 4.69) is 17.6 Å². The number of amides is 1. The van der Waals surface area contributed by atoms with Gasteiger partial charge in [0.2, 0.25) is 5.91 Å². The van der Waals surface area contributed by atoms with Crippen LogP contribution in [-0.2, 0) is 4.79 Å². The van der Waals surface area contributed by atoms with Gasteiger partial charge in [-0.25, -0.2) is 0 Å². The number of carbonyl (C=O) groups excluding carboxylic acids is 1. The maximum Gasteiger partial charge on any atom is 0.221 e. The van der Waals surface area contributed by atoms with Crippen molar-refractivity contribution in [2.45, 2.75) is 25.4 Å². The van der Waals surface area contributed by atoms with E-state index in [0.29, 0.717) is 6.42 Å². The Morgan fingerprint density at radius 3 is 3.00 bits per heavy atom. The predicted octanol–water partition coefficient (Wildman–Crippen LogP) is 1.94. The third-order valence-corrected chi connectivity index (χ3v) is 3.90. The number of hydrogen-bond acceptors (Lipinski definition) is 3. The van der Waals surface area contributed by atoms with Gasteiger partial charge in [0.1, 0.15) is 0 Å². The molecule has 1 fully saturated rings. The van der Waals surface area contributed by atoms with Gasteiger partial charge in [-0.05, 0) is 19.1 Å². The summed E-state index contributed by atoms with van der Waals surface area (Å²) in [7, 11) is 0. The number of hydrogen-bond donors (Lipinski definition) is 2. The third-order valence-electron chi connectivity index (χ3n) is 2.48. The number of nitrogens with one attached hydrogen (secondary N) is 2. The van der Waals surface area contributed by atoms with E-state index in [1.54, 1.807) is 11.3 Å². The third kappa shape index (κ3) is 2.71. The molecule has 1 saturated heterocycles. The summed E-state index contributed by atoms with van der Waals surface area (Å²) in [5.41, 5.74) is 0. The normalized spacial score (nSPS) is 22.8. The molecule has 0 aromatic carbocycles. The second-order valence-corrected chi connectivity index (χ2v) is 5.48. The zero-order valence-electron chi connectivity index (χ0n) is 8.42. The maximum absolute atomic E-state index is 11.0. The van der Waals surface area contributed by atoms with Crippen molar-refractivity contribution in [2.75, 3.05) is 6.54 Å². The molecule has 82 valence electrons. The van der Waals surface area contributed by atoms with Crippen LogP contribution in [0.15, 0.2) is 12.1 Å². The standard InChI is InChI=1S/C10H13ClN2OS/c1-6(8-2-3-9(11)15-8)13-7-4-10(14)12-5-7/h2-3,6-7,13H,4-5H2,1H3,(H,12,14). The van der Waals surface area contributed by atoms with E-state index in [1.165, 1.54) is 4.88 Å². The molecule has 2 unspecified atom stereocenters. The molecular formula is C10H13ClN2OS. The Morgan fingerprint density at radius 1 is 1.67 bits per heavy atom. The van der Waals surface area contributed by atoms with E-state index in [0.717, 1.165) is 10.9 Å². The molecule has 15 heavy (non-hydrogen) atoms. The van der Waals surface area contributed by atoms with Gasteiger partial charge in [0, 0.05) is 29.9 Å². The molecule has 0 radical (unpaired) electrons. The molecule has 1 aliphatic rings. The van der Waals surface area contributed by atoms with Crippen LogP contribution in [0.4, 0.5) is 0 Å². The Kier molecular flexibility index (Phi) is 3.29. The SMILES string of the molecule is CC(NC1CNC(=O)C1)c1ccc(Cl)s1. The van der Waals surface area contributed by atoms with Gasteiger partial charge in [-0.15, -0.1) is 11.3 Å². The Bertz CT molecular complexity index is 366. The lowest BCUT2D eigenvalue weighted by Gasteiger charge is -2.16. The summed E-state index contributed by atoms with van der Waals surface area (Å²) >= 11 is 7.45. The zero-order valence-corrected chi connectivity index (χ0v) is 9.99. The topological polar surface area (TPSA) is 41.1 Å². The maximum atomic E-state index is 11.0. The summed E-state index contributed by atoms with van der Waals surface area (Å²) in [4.78, 5) is 12.2. The molecule has 1 amide bonds. The lowest BCUT2D eigenvalue weighted by molar-refractivity contribution is -0.119. The number of halogens is 1. The highest BCUT2D eigenvalue weighted by Gasteiger charge is 2.23. The Morgan fingerprint density at radius 2 is 2.47 bits per heavy atom. The molecule has 1 aromatic heterocycles. The summed E-state index contributed by atoms with van der Waals surface area (Å²) in [6.07, 6.45) is 0.573. The minimum absolute atomic E-state index is 0.129. The van der Waals surface area contributed by atoms with Crippen molar-refractivity contribution >= 4 is 28.8 Å². The quantitative estimate of drug-likeness (QED) is 0.853. The van der Waals surface area contributed by atoms with Crippen LogP contribution in [0.25, 0.3) is 0 Å². The van der Waals surface area contributed by atoms with Gasteiger partial charge in [-0.2, -0.15) is 0 Å². The summed E-state index contributed by atoms with van der Waals surface area (Å²) in [6.45, 7) is 2.81. The smallest absolute Gasteiger partial charge is 0.221 e. The number of thiophene rings is 1. The molecule has 1 aliphatic heterocycles. The molecular weight excluding hydrogens is 232 g/mol. The fourth-order valence-electron chi connectivity index (χ4n) is 1.72. The molecule has 0 aliphatic carbocycles. The minimum Gasteiger partial charge on any atom is -0.354 e. The fourth-order valence-corrected chi connectivity index (χ4v) is 2.79. The van der Waals surface area contributed by atoms with Crippen molar-refractivity contribution < 1.29 is 4.79 Å². The van der Waals surface area contributed by atoms with Gasteiger partial charge in [-0.3, -0.25) is 4.79 Å². The first-order valence-electron chi connectivity index (χ1n) is 4.93. The largest absolute Gasteiger partial charge is 0.354 e. The summed E-state index contributed by atoms with van der Waals surface area (Å²) < 4.78 is 0.805. The van der Waals surface area contributed by atoms with Gasteiger partial charge in [-0.1, -0.05) is 11.6 Å². The van der Waals surface area contributed by atoms with Gasteiger partial charge in [0.15, 0.2) is 0 Å². The lowest BCUT2D eigenvalue weighted by Crippen LogP contribution is -2.32. The van der Waals surface area contributed by atoms with Crippen LogP contribution in [0.3, 0.4) is 0 Å². The van der Waals surface area contributed by atoms with E-state index < -0.39 is 0 Å². The molecule has 3 nitrogen and oxygen atoms in total. The summed E-state index contributed by atoms with van der Waals surface area (Å²) in [5, 5.41) is 6.21. The van der Waals surface area contributed by atoms with Gasteiger partial charge < -0.3 is 10.6 Å². The second-order valence-electron chi connectivity index (χ2n) is 3.74. The lowest BCUT2D eigenvalue weighted by atomic mass is 10.2. The monoisotopic (exact) mass is 244 g/mol. The fraction of sp³-hybridized carbons (Fsp3) is 0.500.